The lowest BCUT2D eigenvalue weighted by atomic mass is 9.93. The van der Waals surface area contributed by atoms with Crippen LogP contribution in [0.3, 0.4) is 0 Å². The number of para-hydroxylation sites is 1. The summed E-state index contributed by atoms with van der Waals surface area (Å²) in [6.07, 6.45) is 1.61. The van der Waals surface area contributed by atoms with E-state index in [1.165, 1.54) is 0 Å². The molecule has 6 heteroatoms. The number of pyridine rings is 1. The highest BCUT2D eigenvalue weighted by atomic mass is 35.5. The van der Waals surface area contributed by atoms with Crippen LogP contribution in [0, 0.1) is 12.8 Å². The van der Waals surface area contributed by atoms with Gasteiger partial charge in [0.05, 0.1) is 5.92 Å². The van der Waals surface area contributed by atoms with Crippen molar-refractivity contribution in [2.75, 3.05) is 23.3 Å². The molecule has 0 unspecified atom stereocenters. The molecule has 2 N–H and O–H groups in total. The molecule has 0 spiro atoms. The third kappa shape index (κ3) is 4.31. The first-order chi connectivity index (χ1) is 16.5. The molecule has 34 heavy (non-hydrogen) atoms. The fourth-order valence-electron chi connectivity index (χ4n) is 4.80. The van der Waals surface area contributed by atoms with E-state index in [1.807, 2.05) is 73.7 Å². The van der Waals surface area contributed by atoms with Crippen LogP contribution < -0.4 is 15.8 Å². The first kappa shape index (κ1) is 22.2. The maximum Gasteiger partial charge on any atom is 0.272 e. The summed E-state index contributed by atoms with van der Waals surface area (Å²) < 4.78 is 0. The summed E-state index contributed by atoms with van der Waals surface area (Å²) in [6, 6.07) is 23.2. The van der Waals surface area contributed by atoms with Crippen molar-refractivity contribution in [2.45, 2.75) is 19.8 Å². The Labute approximate surface area is 203 Å². The maximum absolute atomic E-state index is 13.4. The number of hydrogen-bond acceptors (Lipinski definition) is 3. The quantitative estimate of drug-likeness (QED) is 0.383. The topological polar surface area (TPSA) is 65.2 Å². The molecular formula is C28H26ClN3O2. The highest BCUT2D eigenvalue weighted by Gasteiger charge is 2.29. The summed E-state index contributed by atoms with van der Waals surface area (Å²) in [4.78, 5) is 31.6. The summed E-state index contributed by atoms with van der Waals surface area (Å²) in [5.74, 6) is -0.230. The van der Waals surface area contributed by atoms with Gasteiger partial charge in [-0.25, -0.2) is 0 Å². The lowest BCUT2D eigenvalue weighted by Crippen LogP contribution is -2.43. The van der Waals surface area contributed by atoms with Gasteiger partial charge in [-0.15, -0.1) is 0 Å². The number of fused-ring (bicyclic) bond motifs is 1. The Morgan fingerprint density at radius 1 is 1.06 bits per heavy atom. The van der Waals surface area contributed by atoms with Crippen molar-refractivity contribution in [1.29, 1.82) is 0 Å². The molecule has 172 valence electrons. The van der Waals surface area contributed by atoms with Gasteiger partial charge in [-0.1, -0.05) is 60.1 Å². The molecule has 5 rings (SSSR count). The van der Waals surface area contributed by atoms with E-state index >= 15 is 0 Å². The van der Waals surface area contributed by atoms with Gasteiger partial charge in [-0.05, 0) is 55.2 Å². The molecule has 0 radical (unpaired) electrons. The average molecular weight is 472 g/mol. The Hall–Kier alpha value is -3.57. The lowest BCUT2D eigenvalue weighted by molar-refractivity contribution is -0.120. The smallest absolute Gasteiger partial charge is 0.272 e. The number of amides is 1. The largest absolute Gasteiger partial charge is 0.366 e. The van der Waals surface area contributed by atoms with Gasteiger partial charge in [0.25, 0.3) is 5.56 Å². The number of aromatic nitrogens is 1. The molecule has 1 aliphatic rings. The lowest BCUT2D eigenvalue weighted by Gasteiger charge is -2.34. The SMILES string of the molecule is Cc1ccccc1NC(=O)[C@@H]1CCCN(c2c(-c3ccccc3)c3cc(Cl)ccc3[nH]c2=O)C1. The zero-order valence-corrected chi connectivity index (χ0v) is 19.7. The number of H-pyrrole nitrogens is 1. The Morgan fingerprint density at radius 2 is 1.82 bits per heavy atom. The van der Waals surface area contributed by atoms with E-state index in [0.29, 0.717) is 23.8 Å². The first-order valence-corrected chi connectivity index (χ1v) is 11.9. The second kappa shape index (κ2) is 9.35. The summed E-state index contributed by atoms with van der Waals surface area (Å²) >= 11 is 6.35. The van der Waals surface area contributed by atoms with E-state index < -0.39 is 0 Å². The van der Waals surface area contributed by atoms with Gasteiger partial charge >= 0.3 is 0 Å². The second-order valence-electron chi connectivity index (χ2n) is 8.82. The minimum atomic E-state index is -0.216. The fraction of sp³-hybridized carbons (Fsp3) is 0.214. The van der Waals surface area contributed by atoms with Crippen LogP contribution in [-0.2, 0) is 4.79 Å². The molecule has 4 aromatic rings. The van der Waals surface area contributed by atoms with Crippen molar-refractivity contribution in [3.05, 3.63) is 93.7 Å². The van der Waals surface area contributed by atoms with Gasteiger partial charge in [-0.2, -0.15) is 0 Å². The van der Waals surface area contributed by atoms with Crippen LogP contribution in [0.1, 0.15) is 18.4 Å². The van der Waals surface area contributed by atoms with E-state index in [-0.39, 0.29) is 17.4 Å². The molecule has 0 aliphatic carbocycles. The van der Waals surface area contributed by atoms with Crippen LogP contribution >= 0.6 is 11.6 Å². The van der Waals surface area contributed by atoms with Gasteiger partial charge in [0.15, 0.2) is 0 Å². The summed E-state index contributed by atoms with van der Waals surface area (Å²) in [6.45, 7) is 3.17. The Bertz CT molecular complexity index is 1410. The molecule has 0 saturated carbocycles. The molecule has 3 aromatic carbocycles. The Kier molecular flexibility index (Phi) is 6.12. The normalized spacial score (nSPS) is 15.9. The Morgan fingerprint density at radius 3 is 2.62 bits per heavy atom. The van der Waals surface area contributed by atoms with Crippen LogP contribution in [0.15, 0.2) is 77.6 Å². The van der Waals surface area contributed by atoms with Gasteiger partial charge in [0.2, 0.25) is 5.91 Å². The zero-order valence-electron chi connectivity index (χ0n) is 19.0. The summed E-state index contributed by atoms with van der Waals surface area (Å²) in [5.41, 5.74) is 4.82. The van der Waals surface area contributed by atoms with E-state index in [0.717, 1.165) is 46.1 Å². The Balaban J connectivity index is 1.55. The van der Waals surface area contributed by atoms with Crippen LogP contribution in [-0.4, -0.2) is 24.0 Å². The van der Waals surface area contributed by atoms with E-state index in [2.05, 4.69) is 15.2 Å². The van der Waals surface area contributed by atoms with Crippen molar-refractivity contribution >= 4 is 39.8 Å². The number of aromatic amines is 1. The molecule has 1 saturated heterocycles. The number of rotatable bonds is 4. The van der Waals surface area contributed by atoms with Crippen LogP contribution in [0.2, 0.25) is 5.02 Å². The number of nitrogens with one attached hydrogen (secondary N) is 2. The van der Waals surface area contributed by atoms with Crippen molar-refractivity contribution < 1.29 is 4.79 Å². The van der Waals surface area contributed by atoms with Gasteiger partial charge in [-0.3, -0.25) is 9.59 Å². The van der Waals surface area contributed by atoms with Crippen LogP contribution in [0.5, 0.6) is 0 Å². The first-order valence-electron chi connectivity index (χ1n) is 11.5. The molecule has 0 bridgehead atoms. The molecule has 1 fully saturated rings. The van der Waals surface area contributed by atoms with Crippen molar-refractivity contribution in [3.63, 3.8) is 0 Å². The number of halogens is 1. The number of hydrogen-bond donors (Lipinski definition) is 2. The summed E-state index contributed by atoms with van der Waals surface area (Å²) in [7, 11) is 0. The molecule has 1 aliphatic heterocycles. The van der Waals surface area contributed by atoms with E-state index in [4.69, 9.17) is 11.6 Å². The number of anilines is 2. The standard InChI is InChI=1S/C28H26ClN3O2/c1-18-8-5-6-12-23(18)30-27(33)20-11-7-15-32(17-20)26-25(19-9-3-2-4-10-19)22-16-21(29)13-14-24(22)31-28(26)34/h2-6,8-10,12-14,16,20H,7,11,15,17H2,1H3,(H,30,33)(H,31,34)/t20-/m1/s1. The molecular weight excluding hydrogens is 446 g/mol. The molecule has 1 atom stereocenters. The number of piperidine rings is 1. The molecule has 1 aromatic heterocycles. The third-order valence-corrected chi connectivity index (χ3v) is 6.76. The second-order valence-corrected chi connectivity index (χ2v) is 9.26. The molecule has 2 heterocycles. The third-order valence-electron chi connectivity index (χ3n) is 6.52. The predicted molar refractivity (Wildman–Crippen MR) is 140 cm³/mol. The minimum Gasteiger partial charge on any atom is -0.366 e. The van der Waals surface area contributed by atoms with E-state index in [9.17, 15) is 9.59 Å². The predicted octanol–water partition coefficient (Wildman–Crippen LogP) is 6.01. The number of nitrogens with zero attached hydrogens (tertiary/aromatic N) is 1. The number of carbonyl (C=O) groups excluding carboxylic acids is 1. The van der Waals surface area contributed by atoms with Crippen molar-refractivity contribution in [2.24, 2.45) is 5.92 Å². The number of benzene rings is 3. The highest BCUT2D eigenvalue weighted by Crippen LogP contribution is 2.37. The highest BCUT2D eigenvalue weighted by molar-refractivity contribution is 6.31. The van der Waals surface area contributed by atoms with Crippen molar-refractivity contribution in [3.8, 4) is 11.1 Å². The number of aryl methyl sites for hydroxylation is 1. The minimum absolute atomic E-state index is 0.0134. The zero-order chi connectivity index (χ0) is 23.7. The monoisotopic (exact) mass is 471 g/mol. The molecule has 1 amide bonds. The maximum atomic E-state index is 13.4. The number of carbonyl (C=O) groups is 1. The van der Waals surface area contributed by atoms with Crippen LogP contribution in [0.4, 0.5) is 11.4 Å². The van der Waals surface area contributed by atoms with E-state index in [1.54, 1.807) is 6.07 Å². The molecule has 5 nitrogen and oxygen atoms in total. The van der Waals surface area contributed by atoms with Gasteiger partial charge in [0.1, 0.15) is 5.69 Å². The van der Waals surface area contributed by atoms with Gasteiger partial charge in [0, 0.05) is 40.3 Å². The average Bonchev–Trinajstić information content (AvgIpc) is 2.85. The van der Waals surface area contributed by atoms with Crippen molar-refractivity contribution in [1.82, 2.24) is 4.98 Å². The van der Waals surface area contributed by atoms with Gasteiger partial charge < -0.3 is 15.2 Å². The van der Waals surface area contributed by atoms with Crippen LogP contribution in [0.25, 0.3) is 22.0 Å². The fourth-order valence-corrected chi connectivity index (χ4v) is 4.97. The summed E-state index contributed by atoms with van der Waals surface area (Å²) in [5, 5.41) is 4.58.